The van der Waals surface area contributed by atoms with Gasteiger partial charge in [0.25, 0.3) is 0 Å². The Morgan fingerprint density at radius 2 is 1.86 bits per heavy atom. The maximum Gasteiger partial charge on any atom is 0.305 e. The molecule has 2 heterocycles. The predicted molar refractivity (Wildman–Crippen MR) is 114 cm³/mol. The van der Waals surface area contributed by atoms with Crippen molar-refractivity contribution in [2.45, 2.75) is 17.9 Å². The van der Waals surface area contributed by atoms with Crippen molar-refractivity contribution in [2.75, 3.05) is 18.2 Å². The number of benzene rings is 2. The number of aromatic amines is 1. The minimum atomic E-state index is -0.270. The molecule has 0 bridgehead atoms. The van der Waals surface area contributed by atoms with Crippen LogP contribution in [0.2, 0.25) is 0 Å². The van der Waals surface area contributed by atoms with Crippen molar-refractivity contribution in [1.82, 2.24) is 4.98 Å². The lowest BCUT2D eigenvalue weighted by molar-refractivity contribution is -0.119. The number of ether oxygens (including phenoxy) is 1. The number of carbonyl (C=O) groups is 1. The molecule has 2 atom stereocenters. The van der Waals surface area contributed by atoms with E-state index in [2.05, 4.69) is 22.4 Å². The molecule has 2 N–H and O–H groups in total. The molecular formula is C21H20N2O3S2. The van der Waals surface area contributed by atoms with Crippen LogP contribution in [-0.2, 0) is 4.79 Å². The number of H-pyrrole nitrogens is 1. The summed E-state index contributed by atoms with van der Waals surface area (Å²) in [5.41, 5.74) is 2.94. The molecule has 1 amide bonds. The molecule has 0 radical (unpaired) electrons. The minimum absolute atomic E-state index is 0.0465. The number of methoxy groups -OCH3 is 1. The lowest BCUT2D eigenvalue weighted by Crippen LogP contribution is -2.32. The van der Waals surface area contributed by atoms with Crippen LogP contribution in [0, 0.1) is 12.8 Å². The largest absolute Gasteiger partial charge is 0.497 e. The first-order valence-corrected chi connectivity index (χ1v) is 10.7. The number of hydrogen-bond donors (Lipinski definition) is 2. The van der Waals surface area contributed by atoms with Gasteiger partial charge in [0.1, 0.15) is 5.75 Å². The highest BCUT2D eigenvalue weighted by Gasteiger charge is 2.38. The van der Waals surface area contributed by atoms with Gasteiger partial charge in [0.05, 0.1) is 18.1 Å². The predicted octanol–water partition coefficient (Wildman–Crippen LogP) is 4.25. The molecule has 4 rings (SSSR count). The highest BCUT2D eigenvalue weighted by molar-refractivity contribution is 7.99. The van der Waals surface area contributed by atoms with Gasteiger partial charge in [-0.2, -0.15) is 0 Å². The zero-order chi connectivity index (χ0) is 19.7. The van der Waals surface area contributed by atoms with Crippen molar-refractivity contribution in [1.29, 1.82) is 0 Å². The number of rotatable bonds is 4. The summed E-state index contributed by atoms with van der Waals surface area (Å²) in [5.74, 6) is 0.897. The van der Waals surface area contributed by atoms with Crippen LogP contribution in [0.3, 0.4) is 0 Å². The Morgan fingerprint density at radius 3 is 2.54 bits per heavy atom. The first kappa shape index (κ1) is 18.8. The fraction of sp³-hybridized carbons (Fsp3) is 0.238. The van der Waals surface area contributed by atoms with Crippen LogP contribution in [0.25, 0.3) is 0 Å². The van der Waals surface area contributed by atoms with E-state index < -0.39 is 0 Å². The van der Waals surface area contributed by atoms with Crippen LogP contribution in [0.4, 0.5) is 5.69 Å². The van der Waals surface area contributed by atoms with E-state index in [0.29, 0.717) is 5.75 Å². The molecule has 144 valence electrons. The van der Waals surface area contributed by atoms with E-state index >= 15 is 0 Å². The summed E-state index contributed by atoms with van der Waals surface area (Å²) in [6.07, 6.45) is 0. The highest BCUT2D eigenvalue weighted by atomic mass is 32.2. The molecule has 1 aliphatic rings. The number of thiazole rings is 1. The van der Waals surface area contributed by atoms with Gasteiger partial charge in [-0.1, -0.05) is 41.2 Å². The summed E-state index contributed by atoms with van der Waals surface area (Å²) in [6, 6.07) is 15.5. The third-order valence-electron chi connectivity index (χ3n) is 4.86. The van der Waals surface area contributed by atoms with E-state index in [-0.39, 0.29) is 22.6 Å². The standard InChI is InChI=1S/C21H20N2O3S2/c1-12-3-5-13(6-4-12)17-16(11-27-20-18(17)28-21(25)23-20)19(24)22-14-7-9-15(26-2)10-8-14/h3-10,16-17H,11H2,1-2H3,(H,22,24)(H,23,25). The zero-order valence-electron chi connectivity index (χ0n) is 15.5. The number of hydrogen-bond acceptors (Lipinski definition) is 5. The van der Waals surface area contributed by atoms with Crippen molar-refractivity contribution in [2.24, 2.45) is 5.92 Å². The van der Waals surface area contributed by atoms with Gasteiger partial charge in [-0.15, -0.1) is 11.8 Å². The Morgan fingerprint density at radius 1 is 1.14 bits per heavy atom. The third-order valence-corrected chi connectivity index (χ3v) is 7.10. The monoisotopic (exact) mass is 412 g/mol. The molecule has 0 saturated carbocycles. The normalized spacial score (nSPS) is 18.4. The molecule has 3 aromatic rings. The SMILES string of the molecule is COc1ccc(NC(=O)C2CSc3[nH]c(=O)sc3C2c2ccc(C)cc2)cc1. The first-order valence-electron chi connectivity index (χ1n) is 8.92. The smallest absolute Gasteiger partial charge is 0.305 e. The molecule has 1 aromatic heterocycles. The molecule has 1 aliphatic heterocycles. The third kappa shape index (κ3) is 3.72. The number of aryl methyl sites for hydroxylation is 1. The van der Waals surface area contributed by atoms with Crippen molar-refractivity contribution < 1.29 is 9.53 Å². The maximum absolute atomic E-state index is 13.1. The van der Waals surface area contributed by atoms with Crippen LogP contribution < -0.4 is 14.9 Å². The van der Waals surface area contributed by atoms with E-state index in [1.807, 2.05) is 43.3 Å². The molecule has 0 spiro atoms. The Labute approximate surface area is 171 Å². The van der Waals surface area contributed by atoms with Crippen molar-refractivity contribution >= 4 is 34.7 Å². The molecule has 2 unspecified atom stereocenters. The summed E-state index contributed by atoms with van der Waals surface area (Å²) in [7, 11) is 1.61. The van der Waals surface area contributed by atoms with Gasteiger partial charge in [0, 0.05) is 22.2 Å². The summed E-state index contributed by atoms with van der Waals surface area (Å²) in [6.45, 7) is 2.04. The number of aromatic nitrogens is 1. The van der Waals surface area contributed by atoms with Crippen LogP contribution >= 0.6 is 23.1 Å². The van der Waals surface area contributed by atoms with E-state index in [1.54, 1.807) is 7.11 Å². The number of fused-ring (bicyclic) bond motifs is 1. The van der Waals surface area contributed by atoms with Gasteiger partial charge in [-0.3, -0.25) is 9.59 Å². The van der Waals surface area contributed by atoms with E-state index in [1.165, 1.54) is 23.1 Å². The van der Waals surface area contributed by atoms with Crippen LogP contribution in [-0.4, -0.2) is 23.8 Å². The molecule has 0 saturated heterocycles. The number of carbonyl (C=O) groups excluding carboxylic acids is 1. The number of anilines is 1. The van der Waals surface area contributed by atoms with Gasteiger partial charge >= 0.3 is 4.87 Å². The molecule has 28 heavy (non-hydrogen) atoms. The molecular weight excluding hydrogens is 392 g/mol. The van der Waals surface area contributed by atoms with Gasteiger partial charge in [-0.05, 0) is 36.8 Å². The lowest BCUT2D eigenvalue weighted by Gasteiger charge is -2.30. The van der Waals surface area contributed by atoms with Gasteiger partial charge < -0.3 is 15.0 Å². The summed E-state index contributed by atoms with van der Waals surface area (Å²) in [5, 5.41) is 3.90. The fourth-order valence-corrected chi connectivity index (χ4v) is 5.80. The minimum Gasteiger partial charge on any atom is -0.497 e. The molecule has 0 aliphatic carbocycles. The second kappa shape index (κ2) is 7.85. The Hall–Kier alpha value is -2.51. The fourth-order valence-electron chi connectivity index (χ4n) is 3.38. The average molecular weight is 413 g/mol. The van der Waals surface area contributed by atoms with Crippen molar-refractivity contribution in [3.8, 4) is 5.75 Å². The van der Waals surface area contributed by atoms with Crippen molar-refractivity contribution in [3.63, 3.8) is 0 Å². The lowest BCUT2D eigenvalue weighted by atomic mass is 9.84. The number of nitrogens with one attached hydrogen (secondary N) is 2. The topological polar surface area (TPSA) is 71.2 Å². The molecule has 5 nitrogen and oxygen atoms in total. The van der Waals surface area contributed by atoms with Gasteiger partial charge in [0.2, 0.25) is 5.91 Å². The second-order valence-corrected chi connectivity index (χ2v) is 8.78. The van der Waals surface area contributed by atoms with E-state index in [0.717, 1.165) is 32.5 Å². The van der Waals surface area contributed by atoms with Crippen LogP contribution in [0.15, 0.2) is 58.4 Å². The Bertz CT molecular complexity index is 1040. The van der Waals surface area contributed by atoms with Crippen LogP contribution in [0.5, 0.6) is 5.75 Å². The Kier molecular flexibility index (Phi) is 5.28. The van der Waals surface area contributed by atoms with Gasteiger partial charge in [-0.25, -0.2) is 0 Å². The zero-order valence-corrected chi connectivity index (χ0v) is 17.2. The summed E-state index contributed by atoms with van der Waals surface area (Å²) >= 11 is 2.74. The van der Waals surface area contributed by atoms with E-state index in [9.17, 15) is 9.59 Å². The van der Waals surface area contributed by atoms with Crippen LogP contribution in [0.1, 0.15) is 21.9 Å². The quantitative estimate of drug-likeness (QED) is 0.672. The van der Waals surface area contributed by atoms with Gasteiger partial charge in [0.15, 0.2) is 0 Å². The summed E-state index contributed by atoms with van der Waals surface area (Å²) in [4.78, 5) is 28.9. The molecule has 7 heteroatoms. The summed E-state index contributed by atoms with van der Waals surface area (Å²) < 4.78 is 5.17. The van der Waals surface area contributed by atoms with E-state index in [4.69, 9.17) is 4.74 Å². The molecule has 0 fully saturated rings. The van der Waals surface area contributed by atoms with Crippen molar-refractivity contribution in [3.05, 3.63) is 74.2 Å². The highest BCUT2D eigenvalue weighted by Crippen LogP contribution is 2.45. The Balaban J connectivity index is 1.66. The average Bonchev–Trinajstić information content (AvgIpc) is 3.08. The first-order chi connectivity index (χ1) is 13.5. The molecule has 2 aromatic carbocycles. The number of thioether (sulfide) groups is 1. The maximum atomic E-state index is 13.1. The number of amides is 1. The second-order valence-electron chi connectivity index (χ2n) is 6.73.